The summed E-state index contributed by atoms with van der Waals surface area (Å²) in [4.78, 5) is 40.2. The number of amides is 2. The molecular formula is C17H16N4O4S. The van der Waals surface area contributed by atoms with Crippen LogP contribution in [0.4, 0.5) is 5.69 Å². The number of aromatic nitrogens is 2. The first kappa shape index (κ1) is 17.6. The molecule has 0 fully saturated rings. The Morgan fingerprint density at radius 1 is 1.31 bits per heavy atom. The van der Waals surface area contributed by atoms with Crippen molar-refractivity contribution in [1.29, 1.82) is 0 Å². The highest BCUT2D eigenvalue weighted by atomic mass is 32.1. The normalized spacial score (nSPS) is 11.9. The van der Waals surface area contributed by atoms with E-state index in [1.807, 2.05) is 16.0 Å². The average Bonchev–Trinajstić information content (AvgIpc) is 3.16. The number of thiazole rings is 1. The lowest BCUT2D eigenvalue weighted by molar-refractivity contribution is -0.152. The second-order valence-corrected chi connectivity index (χ2v) is 6.44. The smallest absolute Gasteiger partial charge is 0.312 e. The number of benzene rings is 1. The third-order valence-corrected chi connectivity index (χ3v) is 4.35. The molecule has 3 rings (SSSR count). The molecule has 0 radical (unpaired) electrons. The van der Waals surface area contributed by atoms with E-state index in [4.69, 9.17) is 10.5 Å². The molecule has 2 aromatic heterocycles. The number of anilines is 1. The summed E-state index contributed by atoms with van der Waals surface area (Å²) in [7, 11) is 0. The van der Waals surface area contributed by atoms with Crippen LogP contribution in [0.25, 0.3) is 4.96 Å². The topological polar surface area (TPSA) is 116 Å². The third-order valence-electron chi connectivity index (χ3n) is 3.58. The minimum Gasteiger partial charge on any atom is -0.452 e. The zero-order chi connectivity index (χ0) is 18.7. The van der Waals surface area contributed by atoms with Crippen LogP contribution in [0.2, 0.25) is 0 Å². The summed E-state index contributed by atoms with van der Waals surface area (Å²) in [5.41, 5.74) is 6.54. The standard InChI is InChI=1S/C17H16N4O4S/c1-10(16(24)19-12-4-2-11(3-5-12)15(18)23)25-14(22)8-13-9-21-6-7-26-17(21)20-13/h2-7,9-10H,8H2,1H3,(H2,18,23)(H,19,24)/t10-/m0/s1. The van der Waals surface area contributed by atoms with Gasteiger partial charge in [-0.1, -0.05) is 0 Å². The van der Waals surface area contributed by atoms with Crippen molar-refractivity contribution in [2.24, 2.45) is 5.73 Å². The first-order valence-electron chi connectivity index (χ1n) is 7.73. The highest BCUT2D eigenvalue weighted by Crippen LogP contribution is 2.13. The molecule has 0 aliphatic carbocycles. The van der Waals surface area contributed by atoms with E-state index in [2.05, 4.69) is 10.3 Å². The molecule has 1 aromatic carbocycles. The van der Waals surface area contributed by atoms with E-state index in [-0.39, 0.29) is 6.42 Å². The number of carbonyl (C=O) groups excluding carboxylic acids is 3. The van der Waals surface area contributed by atoms with E-state index >= 15 is 0 Å². The SMILES string of the molecule is C[C@H](OC(=O)Cc1cn2ccsc2n1)C(=O)Nc1ccc(C(N)=O)cc1. The van der Waals surface area contributed by atoms with Gasteiger partial charge in [0.2, 0.25) is 5.91 Å². The van der Waals surface area contributed by atoms with Crippen LogP contribution in [-0.4, -0.2) is 33.3 Å². The Morgan fingerprint density at radius 2 is 2.04 bits per heavy atom. The number of ether oxygens (including phenoxy) is 1. The Bertz CT molecular complexity index is 932. The van der Waals surface area contributed by atoms with Crippen molar-refractivity contribution in [2.45, 2.75) is 19.4 Å². The Kier molecular flexibility index (Phi) is 4.99. The first-order valence-corrected chi connectivity index (χ1v) is 8.61. The zero-order valence-corrected chi connectivity index (χ0v) is 14.7. The Balaban J connectivity index is 1.53. The van der Waals surface area contributed by atoms with Gasteiger partial charge >= 0.3 is 5.97 Å². The van der Waals surface area contributed by atoms with E-state index in [0.717, 1.165) is 4.96 Å². The number of hydrogen-bond acceptors (Lipinski definition) is 6. The second-order valence-electron chi connectivity index (χ2n) is 5.56. The van der Waals surface area contributed by atoms with Gasteiger partial charge in [-0.05, 0) is 31.2 Å². The van der Waals surface area contributed by atoms with Crippen LogP contribution < -0.4 is 11.1 Å². The van der Waals surface area contributed by atoms with Crippen LogP contribution in [0.5, 0.6) is 0 Å². The van der Waals surface area contributed by atoms with Gasteiger partial charge in [0.05, 0.1) is 12.1 Å². The maximum Gasteiger partial charge on any atom is 0.312 e. The van der Waals surface area contributed by atoms with Crippen LogP contribution in [0.1, 0.15) is 23.0 Å². The number of nitrogens with zero attached hydrogens (tertiary/aromatic N) is 2. The number of rotatable bonds is 6. The van der Waals surface area contributed by atoms with Crippen molar-refractivity contribution in [3.63, 3.8) is 0 Å². The Morgan fingerprint density at radius 3 is 2.69 bits per heavy atom. The number of esters is 1. The zero-order valence-electron chi connectivity index (χ0n) is 13.8. The summed E-state index contributed by atoms with van der Waals surface area (Å²) in [5.74, 6) is -1.57. The molecule has 2 amide bonds. The Labute approximate surface area is 152 Å². The largest absolute Gasteiger partial charge is 0.452 e. The Hall–Kier alpha value is -3.20. The van der Waals surface area contributed by atoms with E-state index < -0.39 is 23.9 Å². The molecule has 0 saturated carbocycles. The summed E-state index contributed by atoms with van der Waals surface area (Å²) in [6.07, 6.45) is 2.61. The van der Waals surface area contributed by atoms with Crippen molar-refractivity contribution in [2.75, 3.05) is 5.32 Å². The highest BCUT2D eigenvalue weighted by molar-refractivity contribution is 7.15. The minimum absolute atomic E-state index is 0.0146. The first-order chi connectivity index (χ1) is 12.4. The molecule has 8 nitrogen and oxygen atoms in total. The van der Waals surface area contributed by atoms with E-state index in [0.29, 0.717) is 16.9 Å². The molecule has 0 saturated heterocycles. The summed E-state index contributed by atoms with van der Waals surface area (Å²) >= 11 is 1.46. The molecular weight excluding hydrogens is 356 g/mol. The molecule has 134 valence electrons. The maximum atomic E-state index is 12.1. The molecule has 9 heteroatoms. The monoisotopic (exact) mass is 372 g/mol. The van der Waals surface area contributed by atoms with Gasteiger partial charge in [0.15, 0.2) is 11.1 Å². The van der Waals surface area contributed by atoms with Crippen molar-refractivity contribution < 1.29 is 19.1 Å². The van der Waals surface area contributed by atoms with Gasteiger partial charge in [0.1, 0.15) is 0 Å². The van der Waals surface area contributed by atoms with Crippen LogP contribution in [-0.2, 0) is 20.7 Å². The van der Waals surface area contributed by atoms with Gasteiger partial charge in [-0.2, -0.15) is 0 Å². The number of primary amides is 1. The van der Waals surface area contributed by atoms with Gasteiger partial charge in [-0.25, -0.2) is 4.98 Å². The summed E-state index contributed by atoms with van der Waals surface area (Å²) < 4.78 is 6.97. The van der Waals surface area contributed by atoms with Crippen molar-refractivity contribution in [3.8, 4) is 0 Å². The van der Waals surface area contributed by atoms with E-state index in [1.54, 1.807) is 18.3 Å². The van der Waals surface area contributed by atoms with Crippen LogP contribution in [0.3, 0.4) is 0 Å². The molecule has 3 aromatic rings. The fourth-order valence-corrected chi connectivity index (χ4v) is 2.98. The number of nitrogens with one attached hydrogen (secondary N) is 1. The van der Waals surface area contributed by atoms with Crippen LogP contribution in [0.15, 0.2) is 42.0 Å². The number of hydrogen-bond donors (Lipinski definition) is 2. The summed E-state index contributed by atoms with van der Waals surface area (Å²) in [6, 6.07) is 6.09. The predicted octanol–water partition coefficient (Wildman–Crippen LogP) is 1.61. The molecule has 0 aliphatic rings. The molecule has 26 heavy (non-hydrogen) atoms. The molecule has 2 heterocycles. The average molecular weight is 372 g/mol. The van der Waals surface area contributed by atoms with E-state index in [1.165, 1.54) is 30.4 Å². The van der Waals surface area contributed by atoms with Gasteiger partial charge in [0.25, 0.3) is 5.91 Å². The lowest BCUT2D eigenvalue weighted by atomic mass is 10.2. The number of nitrogens with two attached hydrogens (primary N) is 1. The molecule has 0 bridgehead atoms. The lowest BCUT2D eigenvalue weighted by Gasteiger charge is -2.13. The van der Waals surface area contributed by atoms with E-state index in [9.17, 15) is 14.4 Å². The van der Waals surface area contributed by atoms with Gasteiger partial charge < -0.3 is 15.8 Å². The lowest BCUT2D eigenvalue weighted by Crippen LogP contribution is -2.30. The van der Waals surface area contributed by atoms with Gasteiger partial charge in [-0.15, -0.1) is 11.3 Å². The van der Waals surface area contributed by atoms with Crippen molar-refractivity contribution in [1.82, 2.24) is 9.38 Å². The van der Waals surface area contributed by atoms with Gasteiger partial charge in [-0.3, -0.25) is 18.8 Å². The van der Waals surface area contributed by atoms with Crippen LogP contribution >= 0.6 is 11.3 Å². The fourth-order valence-electron chi connectivity index (χ4n) is 2.26. The predicted molar refractivity (Wildman–Crippen MR) is 95.9 cm³/mol. The van der Waals surface area contributed by atoms with Gasteiger partial charge in [0, 0.05) is 29.0 Å². The summed E-state index contributed by atoms with van der Waals surface area (Å²) in [5, 5.41) is 4.50. The molecule has 3 N–H and O–H groups in total. The molecule has 0 aliphatic heterocycles. The highest BCUT2D eigenvalue weighted by Gasteiger charge is 2.19. The molecule has 0 spiro atoms. The minimum atomic E-state index is -0.970. The number of carbonyl (C=O) groups is 3. The number of fused-ring (bicyclic) bond motifs is 1. The fraction of sp³-hybridized carbons (Fsp3) is 0.176. The maximum absolute atomic E-state index is 12.1. The van der Waals surface area contributed by atoms with Crippen molar-refractivity contribution in [3.05, 3.63) is 53.3 Å². The summed E-state index contributed by atoms with van der Waals surface area (Å²) in [6.45, 7) is 1.48. The van der Waals surface area contributed by atoms with Crippen molar-refractivity contribution >= 4 is 39.8 Å². The third kappa shape index (κ3) is 4.06. The van der Waals surface area contributed by atoms with Crippen LogP contribution in [0, 0.1) is 0 Å². The molecule has 0 unspecified atom stereocenters. The second kappa shape index (κ2) is 7.36. The number of imidazole rings is 1. The quantitative estimate of drug-likeness (QED) is 0.638. The molecule has 1 atom stereocenters.